The highest BCUT2D eigenvalue weighted by Crippen LogP contribution is 2.52. The fraction of sp³-hybridized carbons (Fsp3) is 0.419. The van der Waals surface area contributed by atoms with E-state index >= 15 is 0 Å². The van der Waals surface area contributed by atoms with Gasteiger partial charge in [-0.2, -0.15) is 0 Å². The summed E-state index contributed by atoms with van der Waals surface area (Å²) >= 11 is 0. The van der Waals surface area contributed by atoms with E-state index in [0.29, 0.717) is 32.2 Å². The number of nitrogens with zero attached hydrogens (tertiary/aromatic N) is 2. The molecule has 3 aromatic rings. The number of carbonyl (C=O) groups is 1. The number of amides is 1. The van der Waals surface area contributed by atoms with Crippen LogP contribution in [-0.4, -0.2) is 47.9 Å². The molecule has 2 fully saturated rings. The van der Waals surface area contributed by atoms with Crippen molar-refractivity contribution >= 4 is 15.9 Å². The molecule has 1 aliphatic carbocycles. The molecular formula is C31H36N2O5S. The molecule has 2 atom stereocenters. The van der Waals surface area contributed by atoms with Gasteiger partial charge in [-0.05, 0) is 56.4 Å². The Labute approximate surface area is 230 Å². The molecule has 5 rings (SSSR count). The Morgan fingerprint density at radius 3 is 2.18 bits per heavy atom. The Morgan fingerprint density at radius 1 is 1.00 bits per heavy atom. The van der Waals surface area contributed by atoms with Gasteiger partial charge in [0.05, 0.1) is 22.1 Å². The monoisotopic (exact) mass is 548 g/mol. The van der Waals surface area contributed by atoms with E-state index in [9.17, 15) is 18.3 Å². The van der Waals surface area contributed by atoms with Crippen LogP contribution in [0.3, 0.4) is 0 Å². The van der Waals surface area contributed by atoms with Gasteiger partial charge in [-0.25, -0.2) is 13.2 Å². The topological polar surface area (TPSA) is 96.8 Å². The van der Waals surface area contributed by atoms with Crippen molar-refractivity contribution in [2.24, 2.45) is 0 Å². The zero-order valence-electron chi connectivity index (χ0n) is 22.9. The van der Waals surface area contributed by atoms with Gasteiger partial charge < -0.3 is 14.7 Å². The van der Waals surface area contributed by atoms with Gasteiger partial charge in [-0.1, -0.05) is 60.7 Å². The third-order valence-electron chi connectivity index (χ3n) is 8.15. The first-order valence-corrected chi connectivity index (χ1v) is 15.3. The summed E-state index contributed by atoms with van der Waals surface area (Å²) in [7, 11) is -3.18. The average Bonchev–Trinajstić information content (AvgIpc) is 3.71. The van der Waals surface area contributed by atoms with Gasteiger partial charge in [-0.15, -0.1) is 0 Å². The zero-order valence-corrected chi connectivity index (χ0v) is 23.7. The van der Waals surface area contributed by atoms with Gasteiger partial charge in [0.25, 0.3) is 0 Å². The number of hydrogen-bond acceptors (Lipinski definition) is 6. The van der Waals surface area contributed by atoms with E-state index in [1.807, 2.05) is 73.7 Å². The predicted molar refractivity (Wildman–Crippen MR) is 151 cm³/mol. The van der Waals surface area contributed by atoms with E-state index in [2.05, 4.69) is 4.98 Å². The van der Waals surface area contributed by atoms with Gasteiger partial charge in [-0.3, -0.25) is 4.98 Å². The molecule has 1 amide bonds. The molecule has 1 unspecified atom stereocenters. The van der Waals surface area contributed by atoms with Crippen molar-refractivity contribution in [3.05, 3.63) is 89.6 Å². The molecule has 1 saturated heterocycles. The number of rotatable bonds is 8. The fourth-order valence-corrected chi connectivity index (χ4v) is 7.22. The van der Waals surface area contributed by atoms with Crippen molar-refractivity contribution in [1.29, 1.82) is 0 Å². The maximum atomic E-state index is 13.3. The molecule has 206 valence electrons. The Balaban J connectivity index is 1.31. The van der Waals surface area contributed by atoms with E-state index in [0.717, 1.165) is 27.9 Å². The molecule has 2 aliphatic rings. The second-order valence-electron chi connectivity index (χ2n) is 11.7. The number of sulfone groups is 1. The Kier molecular flexibility index (Phi) is 6.84. The Hall–Kier alpha value is -3.23. The van der Waals surface area contributed by atoms with E-state index in [1.165, 1.54) is 6.26 Å². The van der Waals surface area contributed by atoms with Crippen LogP contribution in [0.25, 0.3) is 11.3 Å². The molecule has 0 radical (unpaired) electrons. The summed E-state index contributed by atoms with van der Waals surface area (Å²) < 4.78 is 29.8. The molecule has 7 nitrogen and oxygen atoms in total. The quantitative estimate of drug-likeness (QED) is 0.386. The lowest BCUT2D eigenvalue weighted by Crippen LogP contribution is -2.51. The van der Waals surface area contributed by atoms with Crippen molar-refractivity contribution in [2.75, 3.05) is 12.8 Å². The van der Waals surface area contributed by atoms with E-state index in [-0.39, 0.29) is 6.04 Å². The standard InChI is InChI=1S/C31H36N2O5S/c1-22(33-19-18-30(38-28(33)34,21-29(2,3)35)25-8-6-5-7-9-25)23-10-12-24(13-11-23)27-15-14-26(20-32-27)31(16-17-31)39(4,36)37/h5-15,20,22,35H,16-19,21H2,1-4H3/t22-,30?/m0/s1. The van der Waals surface area contributed by atoms with Crippen LogP contribution in [0.4, 0.5) is 4.79 Å². The van der Waals surface area contributed by atoms with Gasteiger partial charge >= 0.3 is 6.09 Å². The van der Waals surface area contributed by atoms with Crippen molar-refractivity contribution in [2.45, 2.75) is 68.4 Å². The third-order valence-corrected chi connectivity index (χ3v) is 10.2. The molecule has 2 heterocycles. The zero-order chi connectivity index (χ0) is 28.1. The second-order valence-corrected chi connectivity index (χ2v) is 14.0. The second kappa shape index (κ2) is 9.75. The van der Waals surface area contributed by atoms with E-state index in [1.54, 1.807) is 24.9 Å². The third kappa shape index (κ3) is 5.32. The molecule has 1 N–H and O–H groups in total. The van der Waals surface area contributed by atoms with Crippen LogP contribution in [0.5, 0.6) is 0 Å². The molecular weight excluding hydrogens is 512 g/mol. The number of benzene rings is 2. The highest BCUT2D eigenvalue weighted by molar-refractivity contribution is 7.92. The minimum absolute atomic E-state index is 0.206. The van der Waals surface area contributed by atoms with Gasteiger partial charge in [0, 0.05) is 37.4 Å². The van der Waals surface area contributed by atoms with Crippen LogP contribution in [-0.2, 0) is 24.9 Å². The van der Waals surface area contributed by atoms with Crippen LogP contribution in [0.2, 0.25) is 0 Å². The molecule has 0 spiro atoms. The minimum Gasteiger partial charge on any atom is -0.438 e. The average molecular weight is 549 g/mol. The summed E-state index contributed by atoms with van der Waals surface area (Å²) in [6.07, 6.45) is 4.73. The summed E-state index contributed by atoms with van der Waals surface area (Å²) in [6, 6.07) is 21.1. The number of pyridine rings is 1. The van der Waals surface area contributed by atoms with Crippen LogP contribution in [0.15, 0.2) is 72.9 Å². The number of hydrogen-bond donors (Lipinski definition) is 1. The van der Waals surface area contributed by atoms with Gasteiger partial charge in [0.15, 0.2) is 9.84 Å². The molecule has 0 bridgehead atoms. The SMILES string of the molecule is C[C@@H](c1ccc(-c2ccc(C3(S(C)(=O)=O)CC3)cn2)cc1)N1CCC(CC(C)(C)O)(c2ccccc2)OC1=O. The predicted octanol–water partition coefficient (Wildman–Crippen LogP) is 5.74. The highest BCUT2D eigenvalue weighted by atomic mass is 32.2. The number of cyclic esters (lactones) is 1. The molecule has 8 heteroatoms. The highest BCUT2D eigenvalue weighted by Gasteiger charge is 2.53. The Morgan fingerprint density at radius 2 is 1.67 bits per heavy atom. The molecule has 39 heavy (non-hydrogen) atoms. The number of aromatic nitrogens is 1. The lowest BCUT2D eigenvalue weighted by Gasteiger charge is -2.45. The largest absolute Gasteiger partial charge is 0.438 e. The summed E-state index contributed by atoms with van der Waals surface area (Å²) in [5.74, 6) is 0. The lowest BCUT2D eigenvalue weighted by atomic mass is 9.80. The maximum Gasteiger partial charge on any atom is 0.411 e. The molecule has 1 aromatic heterocycles. The number of aliphatic hydroxyl groups is 1. The van der Waals surface area contributed by atoms with Crippen LogP contribution in [0, 0.1) is 0 Å². The fourth-order valence-electron chi connectivity index (χ4n) is 5.82. The summed E-state index contributed by atoms with van der Waals surface area (Å²) in [4.78, 5) is 19.6. The van der Waals surface area contributed by atoms with Crippen molar-refractivity contribution in [1.82, 2.24) is 9.88 Å². The van der Waals surface area contributed by atoms with Crippen molar-refractivity contribution in [3.63, 3.8) is 0 Å². The smallest absolute Gasteiger partial charge is 0.411 e. The lowest BCUT2D eigenvalue weighted by molar-refractivity contribution is -0.101. The molecule has 1 saturated carbocycles. The summed E-state index contributed by atoms with van der Waals surface area (Å²) in [5, 5.41) is 10.6. The van der Waals surface area contributed by atoms with Crippen molar-refractivity contribution in [3.8, 4) is 11.3 Å². The van der Waals surface area contributed by atoms with E-state index < -0.39 is 31.9 Å². The Bertz CT molecular complexity index is 1440. The van der Waals surface area contributed by atoms with Gasteiger partial charge in [0.2, 0.25) is 0 Å². The van der Waals surface area contributed by atoms with Crippen LogP contribution in [0.1, 0.15) is 69.2 Å². The summed E-state index contributed by atoms with van der Waals surface area (Å²) in [6.45, 7) is 5.95. The molecule has 2 aromatic carbocycles. The van der Waals surface area contributed by atoms with E-state index in [4.69, 9.17) is 4.74 Å². The number of carbonyl (C=O) groups excluding carboxylic acids is 1. The number of ether oxygens (including phenoxy) is 1. The first kappa shape index (κ1) is 27.3. The first-order chi connectivity index (χ1) is 18.3. The maximum absolute atomic E-state index is 13.3. The normalized spacial score (nSPS) is 21.8. The van der Waals surface area contributed by atoms with Crippen molar-refractivity contribution < 1.29 is 23.1 Å². The van der Waals surface area contributed by atoms with Crippen LogP contribution < -0.4 is 0 Å². The van der Waals surface area contributed by atoms with Gasteiger partial charge in [0.1, 0.15) is 5.60 Å². The molecule has 1 aliphatic heterocycles. The summed E-state index contributed by atoms with van der Waals surface area (Å²) in [5.41, 5.74) is 2.39. The minimum atomic E-state index is -3.18. The first-order valence-electron chi connectivity index (χ1n) is 13.4. The van der Waals surface area contributed by atoms with Crippen LogP contribution >= 0.6 is 0 Å².